The van der Waals surface area contributed by atoms with Gasteiger partial charge < -0.3 is 19.3 Å². The Kier molecular flexibility index (Phi) is 8.53. The number of rotatable bonds is 11. The highest BCUT2D eigenvalue weighted by Crippen LogP contribution is 2.16. The van der Waals surface area contributed by atoms with Gasteiger partial charge in [0.2, 0.25) is 0 Å². The molecule has 158 valence electrons. The van der Waals surface area contributed by atoms with Crippen molar-refractivity contribution in [3.05, 3.63) is 72.1 Å². The van der Waals surface area contributed by atoms with E-state index in [-0.39, 0.29) is 0 Å². The summed E-state index contributed by atoms with van der Waals surface area (Å²) in [5.41, 5.74) is 4.04. The second kappa shape index (κ2) is 11.3. The molecule has 0 spiro atoms. The van der Waals surface area contributed by atoms with Gasteiger partial charge in [0.25, 0.3) is 0 Å². The van der Waals surface area contributed by atoms with E-state index in [0.29, 0.717) is 19.3 Å². The fraction of sp³-hybridized carbons (Fsp3) is 0.520. The molecule has 1 unspecified atom stereocenters. The van der Waals surface area contributed by atoms with Crippen molar-refractivity contribution < 1.29 is 14.7 Å². The monoisotopic (exact) mass is 397 g/mol. The number of aromatic nitrogens is 1. The maximum absolute atomic E-state index is 10.6. The van der Waals surface area contributed by atoms with Crippen molar-refractivity contribution in [2.45, 2.75) is 64.3 Å². The van der Waals surface area contributed by atoms with Gasteiger partial charge in [-0.1, -0.05) is 36.8 Å². The first kappa shape index (κ1) is 21.8. The lowest BCUT2D eigenvalue weighted by atomic mass is 9.94. The summed E-state index contributed by atoms with van der Waals surface area (Å²) >= 11 is 0. The lowest BCUT2D eigenvalue weighted by molar-refractivity contribution is -0.943. The van der Waals surface area contributed by atoms with E-state index in [9.17, 15) is 5.11 Å². The molecule has 3 rings (SSSR count). The molecule has 2 N–H and O–H groups in total. The van der Waals surface area contributed by atoms with E-state index in [1.165, 1.54) is 53.8 Å². The lowest BCUT2D eigenvalue weighted by Crippen LogP contribution is -3.15. The lowest BCUT2D eigenvalue weighted by Gasteiger charge is -2.33. The van der Waals surface area contributed by atoms with Gasteiger partial charge in [-0.25, -0.2) is 0 Å². The van der Waals surface area contributed by atoms with Gasteiger partial charge >= 0.3 is 0 Å². The van der Waals surface area contributed by atoms with Crippen molar-refractivity contribution in [1.82, 2.24) is 4.57 Å². The Bertz CT molecular complexity index is 749. The average molecular weight is 398 g/mol. The molecule has 29 heavy (non-hydrogen) atoms. The van der Waals surface area contributed by atoms with Crippen molar-refractivity contribution in [2.75, 3.05) is 19.8 Å². The molecule has 0 saturated heterocycles. The number of aryl methyl sites for hydroxylation is 1. The van der Waals surface area contributed by atoms with E-state index in [1.807, 2.05) is 0 Å². The number of quaternary nitrogens is 1. The largest absolute Gasteiger partial charge is 0.385 e. The van der Waals surface area contributed by atoms with E-state index < -0.39 is 6.10 Å². The highest BCUT2D eigenvalue weighted by atomic mass is 16.5. The summed E-state index contributed by atoms with van der Waals surface area (Å²) in [6.07, 6.45) is 9.95. The molecular formula is C25H37N2O2+. The third kappa shape index (κ3) is 6.56. The Morgan fingerprint density at radius 1 is 1.21 bits per heavy atom. The Hall–Kier alpha value is -1.88. The first-order valence-corrected chi connectivity index (χ1v) is 11.1. The third-order valence-corrected chi connectivity index (χ3v) is 6.16. The SMILES string of the molecule is C=CCOC[C@H](O)C[NH+](Cc1cccn1Cc1ccccc1C)C1CCCCC1. The number of nitrogens with zero attached hydrogens (tertiary/aromatic N) is 1. The van der Waals surface area contributed by atoms with Crippen LogP contribution in [-0.2, 0) is 17.8 Å². The molecule has 2 aromatic rings. The van der Waals surface area contributed by atoms with Crippen LogP contribution in [0.5, 0.6) is 0 Å². The van der Waals surface area contributed by atoms with Crippen LogP contribution in [0.15, 0.2) is 55.3 Å². The molecule has 1 aliphatic carbocycles. The zero-order valence-corrected chi connectivity index (χ0v) is 17.9. The number of nitrogens with one attached hydrogen (secondary N) is 1. The van der Waals surface area contributed by atoms with Crippen LogP contribution in [0.25, 0.3) is 0 Å². The number of hydrogen-bond donors (Lipinski definition) is 2. The summed E-state index contributed by atoms with van der Waals surface area (Å²) in [5.74, 6) is 0. The molecule has 1 aromatic heterocycles. The summed E-state index contributed by atoms with van der Waals surface area (Å²) in [6, 6.07) is 13.6. The minimum Gasteiger partial charge on any atom is -0.385 e. The van der Waals surface area contributed by atoms with Gasteiger partial charge in [-0.05, 0) is 55.9 Å². The molecule has 1 saturated carbocycles. The number of ether oxygens (including phenoxy) is 1. The van der Waals surface area contributed by atoms with Crippen molar-refractivity contribution in [3.8, 4) is 0 Å². The molecule has 0 amide bonds. The second-order valence-corrected chi connectivity index (χ2v) is 8.41. The Balaban J connectivity index is 1.69. The van der Waals surface area contributed by atoms with Crippen LogP contribution in [0.2, 0.25) is 0 Å². The summed E-state index contributed by atoms with van der Waals surface area (Å²) in [5, 5.41) is 10.6. The van der Waals surface area contributed by atoms with Crippen LogP contribution in [0.3, 0.4) is 0 Å². The van der Waals surface area contributed by atoms with Gasteiger partial charge in [0.05, 0.1) is 24.9 Å². The van der Waals surface area contributed by atoms with Crippen LogP contribution >= 0.6 is 0 Å². The van der Waals surface area contributed by atoms with E-state index in [4.69, 9.17) is 4.74 Å². The van der Waals surface area contributed by atoms with E-state index in [0.717, 1.165) is 19.6 Å². The van der Waals surface area contributed by atoms with E-state index in [1.54, 1.807) is 6.08 Å². The van der Waals surface area contributed by atoms with Gasteiger partial charge in [-0.3, -0.25) is 0 Å². The molecule has 1 aliphatic rings. The predicted molar refractivity (Wildman–Crippen MR) is 118 cm³/mol. The van der Waals surface area contributed by atoms with Crippen molar-refractivity contribution >= 4 is 0 Å². The third-order valence-electron chi connectivity index (χ3n) is 6.16. The minimum atomic E-state index is -0.438. The fourth-order valence-corrected chi connectivity index (χ4v) is 4.51. The number of aliphatic hydroxyl groups is 1. The molecule has 0 bridgehead atoms. The molecule has 4 nitrogen and oxygen atoms in total. The minimum absolute atomic E-state index is 0.381. The van der Waals surface area contributed by atoms with Crippen LogP contribution < -0.4 is 4.90 Å². The molecule has 0 radical (unpaired) electrons. The quantitative estimate of drug-likeness (QED) is 0.452. The summed E-state index contributed by atoms with van der Waals surface area (Å²) in [4.78, 5) is 1.49. The first-order valence-electron chi connectivity index (χ1n) is 11.1. The predicted octanol–water partition coefficient (Wildman–Crippen LogP) is 3.13. The van der Waals surface area contributed by atoms with Crippen LogP contribution in [0.1, 0.15) is 48.9 Å². The summed E-state index contributed by atoms with van der Waals surface area (Å²) in [7, 11) is 0. The maximum atomic E-state index is 10.6. The zero-order chi connectivity index (χ0) is 20.5. The number of benzene rings is 1. The van der Waals surface area contributed by atoms with Crippen LogP contribution in [0, 0.1) is 6.92 Å². The van der Waals surface area contributed by atoms with Gasteiger partial charge in [-0.15, -0.1) is 6.58 Å². The van der Waals surface area contributed by atoms with Crippen molar-refractivity contribution in [2.24, 2.45) is 0 Å². The first-order chi connectivity index (χ1) is 14.2. The van der Waals surface area contributed by atoms with Gasteiger partial charge in [0, 0.05) is 12.7 Å². The average Bonchev–Trinajstić information content (AvgIpc) is 3.17. The van der Waals surface area contributed by atoms with Crippen LogP contribution in [0.4, 0.5) is 0 Å². The Morgan fingerprint density at radius 2 is 2.00 bits per heavy atom. The molecule has 1 fully saturated rings. The number of hydrogen-bond acceptors (Lipinski definition) is 2. The maximum Gasteiger partial charge on any atom is 0.126 e. The summed E-state index contributed by atoms with van der Waals surface area (Å²) < 4.78 is 7.86. The van der Waals surface area contributed by atoms with Crippen molar-refractivity contribution in [1.29, 1.82) is 0 Å². The second-order valence-electron chi connectivity index (χ2n) is 8.41. The molecule has 2 atom stereocenters. The van der Waals surface area contributed by atoms with Crippen molar-refractivity contribution in [3.63, 3.8) is 0 Å². The molecule has 4 heteroatoms. The van der Waals surface area contributed by atoms with E-state index >= 15 is 0 Å². The van der Waals surface area contributed by atoms with Gasteiger partial charge in [-0.2, -0.15) is 0 Å². The molecule has 1 aromatic carbocycles. The van der Waals surface area contributed by atoms with Gasteiger partial charge in [0.1, 0.15) is 19.2 Å². The molecular weight excluding hydrogens is 360 g/mol. The Morgan fingerprint density at radius 3 is 2.76 bits per heavy atom. The topological polar surface area (TPSA) is 38.8 Å². The Labute approximate surface area is 175 Å². The normalized spacial score (nSPS) is 17.2. The zero-order valence-electron chi connectivity index (χ0n) is 17.9. The molecule has 0 aliphatic heterocycles. The smallest absolute Gasteiger partial charge is 0.126 e. The van der Waals surface area contributed by atoms with Gasteiger partial charge in [0.15, 0.2) is 0 Å². The standard InChI is InChI=1S/C25H36N2O2/c1-3-16-29-20-25(28)19-27(23-12-5-4-6-13-23)18-24-14-9-15-26(24)17-22-11-8-7-10-21(22)2/h3,7-11,14-15,23,25,28H,1,4-6,12-13,16-20H2,2H3/p+1/t25-/m1/s1. The highest BCUT2D eigenvalue weighted by molar-refractivity contribution is 5.26. The molecule has 1 heterocycles. The summed E-state index contributed by atoms with van der Waals surface area (Å²) in [6.45, 7) is 9.31. The van der Waals surface area contributed by atoms with Crippen LogP contribution in [-0.4, -0.2) is 41.6 Å². The fourth-order valence-electron chi connectivity index (χ4n) is 4.51. The highest BCUT2D eigenvalue weighted by Gasteiger charge is 2.27. The number of aliphatic hydroxyl groups excluding tert-OH is 1. The van der Waals surface area contributed by atoms with E-state index in [2.05, 4.69) is 60.7 Å².